The summed E-state index contributed by atoms with van der Waals surface area (Å²) in [5.41, 5.74) is -0.328. The fourth-order valence-corrected chi connectivity index (χ4v) is 8.51. The van der Waals surface area contributed by atoms with E-state index in [2.05, 4.69) is 13.8 Å². The minimum Gasteiger partial charge on any atom is -0.479 e. The van der Waals surface area contributed by atoms with Crippen molar-refractivity contribution in [2.45, 2.75) is 108 Å². The van der Waals surface area contributed by atoms with E-state index in [9.17, 15) is 35.1 Å². The van der Waals surface area contributed by atoms with Gasteiger partial charge in [0.05, 0.1) is 12.2 Å². The van der Waals surface area contributed by atoms with E-state index in [4.69, 9.17) is 9.47 Å². The van der Waals surface area contributed by atoms with Gasteiger partial charge in [0.25, 0.3) is 0 Å². The second kappa shape index (κ2) is 8.49. The summed E-state index contributed by atoms with van der Waals surface area (Å²) < 4.78 is 11.3. The van der Waals surface area contributed by atoms with E-state index in [0.29, 0.717) is 49.2 Å². The third kappa shape index (κ3) is 3.58. The Morgan fingerprint density at radius 3 is 2.38 bits per heavy atom. The van der Waals surface area contributed by atoms with Crippen molar-refractivity contribution in [2.75, 3.05) is 0 Å². The number of aliphatic hydroxyl groups excluding tert-OH is 4. The molecule has 1 saturated heterocycles. The molecular weight excluding hydrogens is 444 g/mol. The molecule has 192 valence electrons. The maximum Gasteiger partial charge on any atom is 0.335 e. The van der Waals surface area contributed by atoms with Gasteiger partial charge in [-0.15, -0.1) is 0 Å². The standard InChI is InChI=1S/C25H38O9/c1-24-7-5-11(33-23-20(30)18(28)19(29)21(34-23)22(31)32)9-15(24)16(26)10-12-13-3-4-17(27)25(13,2)8-6-14(12)24/h11-16,18-21,23,26,28-30H,3-10H2,1-2H3,(H,31,32)/t11-,12+,13+,14+,15-,16-,18+,19+,20-,21+,23-,24-,25+/m1/s1. The number of aliphatic carboxylic acids is 1. The van der Waals surface area contributed by atoms with Crippen molar-refractivity contribution in [3.05, 3.63) is 0 Å². The van der Waals surface area contributed by atoms with Crippen LogP contribution in [0.5, 0.6) is 0 Å². The average Bonchev–Trinajstić information content (AvgIpc) is 3.09. The lowest BCUT2D eigenvalue weighted by Crippen LogP contribution is -2.62. The van der Waals surface area contributed by atoms with Gasteiger partial charge in [-0.2, -0.15) is 0 Å². The lowest BCUT2D eigenvalue weighted by Gasteiger charge is -2.61. The molecular formula is C25H38O9. The lowest BCUT2D eigenvalue weighted by molar-refractivity contribution is -0.311. The van der Waals surface area contributed by atoms with Crippen LogP contribution in [-0.2, 0) is 19.1 Å². The number of Topliss-reactive ketones (excluding diaryl/α,β-unsaturated/α-hetero) is 1. The normalized spacial score (nSPS) is 55.2. The zero-order valence-electron chi connectivity index (χ0n) is 19.9. The molecule has 5 aliphatic rings. The number of carbonyl (C=O) groups excluding carboxylic acids is 1. The van der Waals surface area contributed by atoms with Gasteiger partial charge < -0.3 is 35.0 Å². The van der Waals surface area contributed by atoms with Gasteiger partial charge in [-0.25, -0.2) is 4.79 Å². The Hall–Kier alpha value is -1.10. The highest BCUT2D eigenvalue weighted by Crippen LogP contribution is 2.65. The molecule has 0 aromatic heterocycles. The van der Waals surface area contributed by atoms with Gasteiger partial charge in [-0.3, -0.25) is 4.79 Å². The van der Waals surface area contributed by atoms with Gasteiger partial charge in [0.2, 0.25) is 0 Å². The molecule has 0 amide bonds. The summed E-state index contributed by atoms with van der Waals surface area (Å²) in [6.45, 7) is 4.39. The number of carbonyl (C=O) groups is 2. The Labute approximate surface area is 199 Å². The van der Waals surface area contributed by atoms with Crippen molar-refractivity contribution in [2.24, 2.45) is 34.5 Å². The molecule has 0 radical (unpaired) electrons. The zero-order chi connectivity index (χ0) is 24.6. The Morgan fingerprint density at radius 2 is 1.68 bits per heavy atom. The SMILES string of the molecule is C[C@]12CC[C@@H](O[C@@H]3O[C@H](C(=O)O)[C@@H](O)[C@H](O)[C@H]3O)C[C@@H]1[C@H](O)C[C@@H]1[C@@H]2CC[C@]2(C)C(=O)CC[C@@H]12. The van der Waals surface area contributed by atoms with Crippen LogP contribution in [0, 0.1) is 34.5 Å². The summed E-state index contributed by atoms with van der Waals surface area (Å²) >= 11 is 0. The van der Waals surface area contributed by atoms with Crippen LogP contribution in [-0.4, -0.2) is 80.2 Å². The molecule has 0 aromatic rings. The van der Waals surface area contributed by atoms with Crippen LogP contribution >= 0.6 is 0 Å². The van der Waals surface area contributed by atoms with Gasteiger partial charge in [0, 0.05) is 11.8 Å². The van der Waals surface area contributed by atoms with E-state index in [1.807, 2.05) is 0 Å². The summed E-state index contributed by atoms with van der Waals surface area (Å²) in [4.78, 5) is 24.0. The summed E-state index contributed by atoms with van der Waals surface area (Å²) in [5.74, 6) is 0.0536. The number of fused-ring (bicyclic) bond motifs is 5. The first-order valence-electron chi connectivity index (χ1n) is 12.8. The number of aliphatic hydroxyl groups is 4. The molecule has 0 aromatic carbocycles. The predicted octanol–water partition coefficient (Wildman–Crippen LogP) is 0.846. The number of rotatable bonds is 3. The summed E-state index contributed by atoms with van der Waals surface area (Å²) in [7, 11) is 0. The minimum atomic E-state index is -1.75. The van der Waals surface area contributed by atoms with Crippen LogP contribution in [0.1, 0.15) is 65.2 Å². The molecule has 0 unspecified atom stereocenters. The zero-order valence-corrected chi connectivity index (χ0v) is 19.9. The van der Waals surface area contributed by atoms with Crippen molar-refractivity contribution in [1.29, 1.82) is 0 Å². The molecule has 13 atom stereocenters. The lowest BCUT2D eigenvalue weighted by atomic mass is 9.44. The summed E-state index contributed by atoms with van der Waals surface area (Å²) in [5, 5.41) is 50.9. The Kier molecular flexibility index (Phi) is 6.14. The third-order valence-corrected chi connectivity index (χ3v) is 10.5. The van der Waals surface area contributed by atoms with Crippen LogP contribution < -0.4 is 0 Å². The molecule has 1 heterocycles. The van der Waals surface area contributed by atoms with Gasteiger partial charge in [0.15, 0.2) is 12.4 Å². The molecule has 1 aliphatic heterocycles. The minimum absolute atomic E-state index is 0.0134. The Balaban J connectivity index is 1.30. The second-order valence-electron chi connectivity index (χ2n) is 12.0. The van der Waals surface area contributed by atoms with Crippen LogP contribution in [0.15, 0.2) is 0 Å². The first-order valence-corrected chi connectivity index (χ1v) is 12.8. The average molecular weight is 483 g/mol. The Morgan fingerprint density at radius 1 is 0.941 bits per heavy atom. The first-order chi connectivity index (χ1) is 16.0. The van der Waals surface area contributed by atoms with E-state index >= 15 is 0 Å². The van der Waals surface area contributed by atoms with Crippen molar-refractivity contribution in [3.63, 3.8) is 0 Å². The van der Waals surface area contributed by atoms with E-state index in [1.54, 1.807) is 0 Å². The van der Waals surface area contributed by atoms with Crippen LogP contribution in [0.25, 0.3) is 0 Å². The fraction of sp³-hybridized carbons (Fsp3) is 0.920. The third-order valence-electron chi connectivity index (χ3n) is 10.5. The van der Waals surface area contributed by atoms with Gasteiger partial charge in [0.1, 0.15) is 24.1 Å². The van der Waals surface area contributed by atoms with Crippen molar-refractivity contribution in [1.82, 2.24) is 0 Å². The highest BCUT2D eigenvalue weighted by atomic mass is 16.7. The number of carboxylic acids is 1. The molecule has 4 saturated carbocycles. The molecule has 9 nitrogen and oxygen atoms in total. The largest absolute Gasteiger partial charge is 0.479 e. The Bertz CT molecular complexity index is 833. The number of hydrogen-bond acceptors (Lipinski definition) is 8. The van der Waals surface area contributed by atoms with E-state index in [0.717, 1.165) is 25.7 Å². The topological polar surface area (TPSA) is 154 Å². The molecule has 4 aliphatic carbocycles. The maximum atomic E-state index is 12.6. The smallest absolute Gasteiger partial charge is 0.335 e. The fourth-order valence-electron chi connectivity index (χ4n) is 8.51. The van der Waals surface area contributed by atoms with Crippen molar-refractivity contribution in [3.8, 4) is 0 Å². The predicted molar refractivity (Wildman–Crippen MR) is 117 cm³/mol. The molecule has 5 fully saturated rings. The van der Waals surface area contributed by atoms with Crippen LogP contribution in [0.4, 0.5) is 0 Å². The summed E-state index contributed by atoms with van der Waals surface area (Å²) in [6, 6.07) is 0. The molecule has 0 spiro atoms. The van der Waals surface area contributed by atoms with E-state index in [-0.39, 0.29) is 22.9 Å². The highest BCUT2D eigenvalue weighted by Gasteiger charge is 2.62. The van der Waals surface area contributed by atoms with Crippen LogP contribution in [0.2, 0.25) is 0 Å². The molecule has 0 bridgehead atoms. The van der Waals surface area contributed by atoms with Crippen LogP contribution in [0.3, 0.4) is 0 Å². The monoisotopic (exact) mass is 482 g/mol. The number of ketones is 1. The van der Waals surface area contributed by atoms with Crippen molar-refractivity contribution >= 4 is 11.8 Å². The van der Waals surface area contributed by atoms with E-state index in [1.165, 1.54) is 0 Å². The highest BCUT2D eigenvalue weighted by molar-refractivity contribution is 5.87. The number of ether oxygens (including phenoxy) is 2. The van der Waals surface area contributed by atoms with Gasteiger partial charge in [-0.1, -0.05) is 13.8 Å². The quantitative estimate of drug-likeness (QED) is 0.368. The molecule has 34 heavy (non-hydrogen) atoms. The van der Waals surface area contributed by atoms with Gasteiger partial charge in [-0.05, 0) is 74.0 Å². The van der Waals surface area contributed by atoms with E-state index < -0.39 is 42.8 Å². The first kappa shape index (κ1) is 24.6. The summed E-state index contributed by atoms with van der Waals surface area (Å²) in [6.07, 6.45) is -2.80. The molecule has 9 heteroatoms. The van der Waals surface area contributed by atoms with Gasteiger partial charge >= 0.3 is 5.97 Å². The maximum absolute atomic E-state index is 12.6. The number of carboxylic acid groups (broad SMARTS) is 1. The second-order valence-corrected chi connectivity index (χ2v) is 12.0. The molecule has 5 N–H and O–H groups in total. The molecule has 5 rings (SSSR count). The number of hydrogen-bond donors (Lipinski definition) is 5. The van der Waals surface area contributed by atoms with Crippen molar-refractivity contribution < 1.29 is 44.6 Å².